The fraction of sp³-hybridized carbons (Fsp3) is 0.556. The van der Waals surface area contributed by atoms with Gasteiger partial charge in [-0.05, 0) is 59.8 Å². The van der Waals surface area contributed by atoms with Crippen LogP contribution in [0.15, 0.2) is 27.6 Å². The molecule has 0 atom stereocenters. The number of benzene rings is 1. The number of amides is 1. The minimum Gasteiger partial charge on any atom is -0.469 e. The summed E-state index contributed by atoms with van der Waals surface area (Å²) in [5.74, 6) is -0.529. The largest absolute Gasteiger partial charge is 0.469 e. The van der Waals surface area contributed by atoms with Crippen molar-refractivity contribution < 1.29 is 22.7 Å². The monoisotopic (exact) mass is 460 g/mol. The Bertz CT molecular complexity index is 778. The van der Waals surface area contributed by atoms with Gasteiger partial charge >= 0.3 is 5.97 Å². The van der Waals surface area contributed by atoms with Crippen LogP contribution in [-0.2, 0) is 19.6 Å². The van der Waals surface area contributed by atoms with Gasteiger partial charge in [0.15, 0.2) is 0 Å². The van der Waals surface area contributed by atoms with E-state index in [1.54, 1.807) is 6.07 Å². The van der Waals surface area contributed by atoms with E-state index in [-0.39, 0.29) is 22.8 Å². The van der Waals surface area contributed by atoms with E-state index >= 15 is 0 Å². The molecule has 1 aromatic carbocycles. The van der Waals surface area contributed by atoms with Crippen LogP contribution in [0.3, 0.4) is 0 Å². The fourth-order valence-electron chi connectivity index (χ4n) is 2.48. The highest BCUT2D eigenvalue weighted by Crippen LogP contribution is 2.25. The fourth-order valence-corrected chi connectivity index (χ4v) is 4.24. The lowest BCUT2D eigenvalue weighted by Crippen LogP contribution is -2.27. The number of nitrogens with one attached hydrogen (secondary N) is 2. The van der Waals surface area contributed by atoms with Gasteiger partial charge < -0.3 is 10.1 Å². The average molecular weight is 461 g/mol. The van der Waals surface area contributed by atoms with Gasteiger partial charge in [-0.25, -0.2) is 13.1 Å². The third-order valence-corrected chi connectivity index (χ3v) is 6.42. The summed E-state index contributed by atoms with van der Waals surface area (Å²) in [4.78, 5) is 23.5. The number of carbonyl (C=O) groups is 2. The smallest absolute Gasteiger partial charge is 0.305 e. The zero-order chi connectivity index (χ0) is 19.9. The predicted octanol–water partition coefficient (Wildman–Crippen LogP) is 2.74. The van der Waals surface area contributed by atoms with E-state index < -0.39 is 10.0 Å². The highest BCUT2D eigenvalue weighted by atomic mass is 79.9. The Morgan fingerprint density at radius 2 is 1.89 bits per heavy atom. The van der Waals surface area contributed by atoms with Gasteiger partial charge in [-0.3, -0.25) is 9.59 Å². The zero-order valence-corrected chi connectivity index (χ0v) is 17.7. The molecule has 0 saturated heterocycles. The molecule has 7 nitrogen and oxygen atoms in total. The van der Waals surface area contributed by atoms with Crippen molar-refractivity contribution in [2.45, 2.75) is 55.9 Å². The van der Waals surface area contributed by atoms with Crippen LogP contribution in [0.4, 0.5) is 0 Å². The third kappa shape index (κ3) is 7.23. The summed E-state index contributed by atoms with van der Waals surface area (Å²) in [7, 11) is -2.23. The highest BCUT2D eigenvalue weighted by molar-refractivity contribution is 9.10. The first kappa shape index (κ1) is 21.8. The molecule has 1 fully saturated rings. The molecule has 2 rings (SSSR count). The molecule has 0 aliphatic heterocycles. The van der Waals surface area contributed by atoms with E-state index in [4.69, 9.17) is 0 Å². The Hall–Kier alpha value is -1.45. The molecule has 2 N–H and O–H groups in total. The van der Waals surface area contributed by atoms with E-state index in [1.165, 1.54) is 19.2 Å². The standard InChI is InChI=1S/C18H25BrN2O5S/c1-26-17(22)6-4-2-3-5-11-20-18(23)15-12-14(9-10-16(15)19)27(24,25)21-13-7-8-13/h9-10,12-13,21H,2-8,11H2,1H3,(H,20,23). The van der Waals surface area contributed by atoms with Crippen LogP contribution in [0, 0.1) is 0 Å². The maximum Gasteiger partial charge on any atom is 0.305 e. The maximum atomic E-state index is 12.4. The molecule has 27 heavy (non-hydrogen) atoms. The number of esters is 1. The zero-order valence-electron chi connectivity index (χ0n) is 15.3. The van der Waals surface area contributed by atoms with Crippen molar-refractivity contribution in [2.24, 2.45) is 0 Å². The van der Waals surface area contributed by atoms with Crippen LogP contribution in [0.5, 0.6) is 0 Å². The van der Waals surface area contributed by atoms with E-state index in [9.17, 15) is 18.0 Å². The number of rotatable bonds is 11. The maximum absolute atomic E-state index is 12.4. The summed E-state index contributed by atoms with van der Waals surface area (Å²) in [6.07, 6.45) is 5.43. The van der Waals surface area contributed by atoms with Crippen LogP contribution in [0.2, 0.25) is 0 Å². The number of sulfonamides is 1. The van der Waals surface area contributed by atoms with Crippen molar-refractivity contribution in [1.29, 1.82) is 0 Å². The predicted molar refractivity (Wildman–Crippen MR) is 105 cm³/mol. The number of hydrogen-bond donors (Lipinski definition) is 2. The molecule has 1 saturated carbocycles. The summed E-state index contributed by atoms with van der Waals surface area (Å²) in [6.45, 7) is 0.487. The van der Waals surface area contributed by atoms with Crippen LogP contribution in [-0.4, -0.2) is 40.0 Å². The van der Waals surface area contributed by atoms with Gasteiger partial charge in [-0.2, -0.15) is 0 Å². The molecule has 0 unspecified atom stereocenters. The SMILES string of the molecule is COC(=O)CCCCCCNC(=O)c1cc(S(=O)(=O)NC2CC2)ccc1Br. The Kier molecular flexibility index (Phi) is 8.25. The van der Waals surface area contributed by atoms with E-state index in [1.807, 2.05) is 0 Å². The normalized spacial score (nSPS) is 14.0. The third-order valence-electron chi connectivity index (χ3n) is 4.21. The second-order valence-electron chi connectivity index (χ2n) is 6.53. The molecular weight excluding hydrogens is 436 g/mol. The molecular formula is C18H25BrN2O5S. The van der Waals surface area contributed by atoms with Gasteiger partial charge in [0.2, 0.25) is 10.0 Å². The Morgan fingerprint density at radius 3 is 2.56 bits per heavy atom. The molecule has 150 valence electrons. The number of hydrogen-bond acceptors (Lipinski definition) is 5. The minimum atomic E-state index is -3.60. The highest BCUT2D eigenvalue weighted by Gasteiger charge is 2.28. The Labute approximate surface area is 168 Å². The van der Waals surface area contributed by atoms with Crippen molar-refractivity contribution in [3.05, 3.63) is 28.2 Å². The van der Waals surface area contributed by atoms with Crippen LogP contribution < -0.4 is 10.0 Å². The van der Waals surface area contributed by atoms with Crippen molar-refractivity contribution in [3.63, 3.8) is 0 Å². The van der Waals surface area contributed by atoms with Gasteiger partial charge in [0.05, 0.1) is 17.6 Å². The van der Waals surface area contributed by atoms with Gasteiger partial charge in [0.1, 0.15) is 0 Å². The number of halogens is 1. The summed E-state index contributed by atoms with van der Waals surface area (Å²) >= 11 is 3.30. The summed E-state index contributed by atoms with van der Waals surface area (Å²) in [5, 5.41) is 2.81. The van der Waals surface area contributed by atoms with Crippen molar-refractivity contribution in [3.8, 4) is 0 Å². The van der Waals surface area contributed by atoms with Gasteiger partial charge in [-0.1, -0.05) is 12.8 Å². The lowest BCUT2D eigenvalue weighted by atomic mass is 10.1. The van der Waals surface area contributed by atoms with Gasteiger partial charge in [0.25, 0.3) is 5.91 Å². The first-order chi connectivity index (χ1) is 12.8. The van der Waals surface area contributed by atoms with Crippen LogP contribution in [0.1, 0.15) is 55.3 Å². The number of carbonyl (C=O) groups excluding carboxylic acids is 2. The first-order valence-corrected chi connectivity index (χ1v) is 11.3. The molecule has 1 amide bonds. The summed E-state index contributed by atoms with van der Waals surface area (Å²) in [6, 6.07) is 4.45. The van der Waals surface area contributed by atoms with Crippen molar-refractivity contribution in [1.82, 2.24) is 10.0 Å². The molecule has 9 heteroatoms. The second kappa shape index (κ2) is 10.2. The van der Waals surface area contributed by atoms with E-state index in [2.05, 4.69) is 30.7 Å². The summed E-state index contributed by atoms with van der Waals surface area (Å²) in [5.41, 5.74) is 0.291. The van der Waals surface area contributed by atoms with Gasteiger partial charge in [-0.15, -0.1) is 0 Å². The first-order valence-electron chi connectivity index (χ1n) is 9.00. The molecule has 0 bridgehead atoms. The minimum absolute atomic E-state index is 0.00936. The average Bonchev–Trinajstić information content (AvgIpc) is 3.43. The molecule has 0 spiro atoms. The van der Waals surface area contributed by atoms with Crippen molar-refractivity contribution >= 4 is 37.8 Å². The van der Waals surface area contributed by atoms with Crippen molar-refractivity contribution in [2.75, 3.05) is 13.7 Å². The number of unbranched alkanes of at least 4 members (excludes halogenated alkanes) is 3. The van der Waals surface area contributed by atoms with E-state index in [0.717, 1.165) is 38.5 Å². The Balaban J connectivity index is 1.81. The van der Waals surface area contributed by atoms with Crippen LogP contribution in [0.25, 0.3) is 0 Å². The topological polar surface area (TPSA) is 102 Å². The molecule has 1 aliphatic carbocycles. The number of methoxy groups -OCH3 is 1. The lowest BCUT2D eigenvalue weighted by molar-refractivity contribution is -0.140. The summed E-state index contributed by atoms with van der Waals surface area (Å²) < 4.78 is 32.3. The lowest BCUT2D eigenvalue weighted by Gasteiger charge is -2.10. The molecule has 0 heterocycles. The molecule has 0 radical (unpaired) electrons. The molecule has 0 aromatic heterocycles. The second-order valence-corrected chi connectivity index (χ2v) is 9.10. The quantitative estimate of drug-likeness (QED) is 0.390. The number of ether oxygens (including phenoxy) is 1. The van der Waals surface area contributed by atoms with E-state index in [0.29, 0.717) is 23.0 Å². The Morgan fingerprint density at radius 1 is 1.19 bits per heavy atom. The molecule has 1 aromatic rings. The molecule has 1 aliphatic rings. The van der Waals surface area contributed by atoms with Crippen LogP contribution >= 0.6 is 15.9 Å². The van der Waals surface area contributed by atoms with Gasteiger partial charge in [0, 0.05) is 23.5 Å².